The molecule has 11 heavy (non-hydrogen) atoms. The van der Waals surface area contributed by atoms with E-state index in [9.17, 15) is 4.39 Å². The summed E-state index contributed by atoms with van der Waals surface area (Å²) in [6, 6.07) is 5.99. The molecule has 0 unspecified atom stereocenters. The highest BCUT2D eigenvalue weighted by Gasteiger charge is 1.88. The van der Waals surface area contributed by atoms with Gasteiger partial charge in [0.2, 0.25) is 0 Å². The summed E-state index contributed by atoms with van der Waals surface area (Å²) in [6.45, 7) is 0. The Morgan fingerprint density at radius 1 is 1.36 bits per heavy atom. The second-order valence-electron chi connectivity index (χ2n) is 1.97. The standard InChI is InChI=1S/C8H8FNO/c1-11-10-6-7-2-4-8(9)5-3-7/h2-6H,1H3/b10-6+. The molecule has 0 aromatic heterocycles. The Bertz CT molecular complexity index is 243. The second-order valence-corrected chi connectivity index (χ2v) is 1.97. The molecule has 58 valence electrons. The number of hydrogen-bond donors (Lipinski definition) is 0. The van der Waals surface area contributed by atoms with Crippen molar-refractivity contribution in [2.45, 2.75) is 0 Å². The van der Waals surface area contributed by atoms with E-state index in [0.717, 1.165) is 5.56 Å². The van der Waals surface area contributed by atoms with Gasteiger partial charge >= 0.3 is 0 Å². The quantitative estimate of drug-likeness (QED) is 0.469. The molecule has 0 aliphatic carbocycles. The van der Waals surface area contributed by atoms with Crippen molar-refractivity contribution in [1.29, 1.82) is 0 Å². The van der Waals surface area contributed by atoms with Crippen molar-refractivity contribution in [1.82, 2.24) is 0 Å². The van der Waals surface area contributed by atoms with Crippen LogP contribution in [0.2, 0.25) is 0 Å². The van der Waals surface area contributed by atoms with E-state index in [2.05, 4.69) is 9.99 Å². The molecule has 0 spiro atoms. The average Bonchev–Trinajstić information content (AvgIpc) is 2.04. The van der Waals surface area contributed by atoms with Gasteiger partial charge in [0.1, 0.15) is 12.9 Å². The normalized spacial score (nSPS) is 10.4. The predicted molar refractivity (Wildman–Crippen MR) is 41.0 cm³/mol. The molecule has 0 radical (unpaired) electrons. The van der Waals surface area contributed by atoms with Crippen molar-refractivity contribution in [3.63, 3.8) is 0 Å². The Labute approximate surface area is 64.3 Å². The third kappa shape index (κ3) is 2.37. The Morgan fingerprint density at radius 2 is 2.00 bits per heavy atom. The number of halogens is 1. The summed E-state index contributed by atoms with van der Waals surface area (Å²) < 4.78 is 12.3. The summed E-state index contributed by atoms with van der Waals surface area (Å²) in [4.78, 5) is 4.45. The highest BCUT2D eigenvalue weighted by Crippen LogP contribution is 1.99. The number of rotatable bonds is 2. The van der Waals surface area contributed by atoms with Crippen molar-refractivity contribution < 1.29 is 9.23 Å². The van der Waals surface area contributed by atoms with Crippen LogP contribution in [-0.2, 0) is 4.84 Å². The SMILES string of the molecule is CO/N=C/c1ccc(F)cc1. The van der Waals surface area contributed by atoms with Gasteiger partial charge in [-0.05, 0) is 17.7 Å². The van der Waals surface area contributed by atoms with E-state index in [1.54, 1.807) is 12.1 Å². The molecular weight excluding hydrogens is 145 g/mol. The summed E-state index contributed by atoms with van der Waals surface area (Å²) in [7, 11) is 1.46. The van der Waals surface area contributed by atoms with Gasteiger partial charge in [-0.3, -0.25) is 0 Å². The molecule has 0 saturated heterocycles. The smallest absolute Gasteiger partial charge is 0.123 e. The predicted octanol–water partition coefficient (Wildman–Crippen LogP) is 1.81. The lowest BCUT2D eigenvalue weighted by Crippen LogP contribution is -1.81. The fourth-order valence-corrected chi connectivity index (χ4v) is 0.662. The zero-order valence-electron chi connectivity index (χ0n) is 6.12. The first-order valence-corrected chi connectivity index (χ1v) is 3.15. The molecule has 0 atom stereocenters. The van der Waals surface area contributed by atoms with Crippen LogP contribution in [-0.4, -0.2) is 13.3 Å². The molecule has 1 aromatic carbocycles. The van der Waals surface area contributed by atoms with Crippen molar-refractivity contribution in [2.75, 3.05) is 7.11 Å². The lowest BCUT2D eigenvalue weighted by atomic mass is 10.2. The van der Waals surface area contributed by atoms with E-state index in [0.29, 0.717) is 0 Å². The number of nitrogens with zero attached hydrogens (tertiary/aromatic N) is 1. The van der Waals surface area contributed by atoms with Gasteiger partial charge in [0.15, 0.2) is 0 Å². The summed E-state index contributed by atoms with van der Waals surface area (Å²) in [5, 5.41) is 3.52. The van der Waals surface area contributed by atoms with Crippen molar-refractivity contribution >= 4 is 6.21 Å². The molecule has 0 saturated carbocycles. The van der Waals surface area contributed by atoms with E-state index >= 15 is 0 Å². The van der Waals surface area contributed by atoms with Crippen LogP contribution in [0.1, 0.15) is 5.56 Å². The minimum Gasteiger partial charge on any atom is -0.399 e. The van der Waals surface area contributed by atoms with Crippen molar-refractivity contribution in [3.8, 4) is 0 Å². The van der Waals surface area contributed by atoms with E-state index in [4.69, 9.17) is 0 Å². The maximum absolute atomic E-state index is 12.3. The first-order chi connectivity index (χ1) is 5.33. The molecule has 0 fully saturated rings. The molecule has 0 bridgehead atoms. The Kier molecular flexibility index (Phi) is 2.60. The first-order valence-electron chi connectivity index (χ1n) is 3.15. The lowest BCUT2D eigenvalue weighted by molar-refractivity contribution is 0.215. The summed E-state index contributed by atoms with van der Waals surface area (Å²) >= 11 is 0. The van der Waals surface area contributed by atoms with Gasteiger partial charge in [-0.15, -0.1) is 0 Å². The van der Waals surface area contributed by atoms with Crippen LogP contribution in [0.3, 0.4) is 0 Å². The molecule has 0 heterocycles. The Morgan fingerprint density at radius 3 is 2.55 bits per heavy atom. The van der Waals surface area contributed by atoms with Crippen LogP contribution in [0.25, 0.3) is 0 Å². The second kappa shape index (κ2) is 3.71. The van der Waals surface area contributed by atoms with Crippen molar-refractivity contribution in [2.24, 2.45) is 5.16 Å². The van der Waals surface area contributed by atoms with E-state index in [-0.39, 0.29) is 5.82 Å². The third-order valence-electron chi connectivity index (χ3n) is 1.18. The molecule has 0 amide bonds. The van der Waals surface area contributed by atoms with E-state index in [1.165, 1.54) is 25.5 Å². The van der Waals surface area contributed by atoms with Gasteiger partial charge in [-0.1, -0.05) is 17.3 Å². The number of oxime groups is 1. The molecule has 1 rings (SSSR count). The maximum Gasteiger partial charge on any atom is 0.123 e. The average molecular weight is 153 g/mol. The molecule has 1 aromatic rings. The molecule has 3 heteroatoms. The molecule has 0 N–H and O–H groups in total. The molecule has 0 aliphatic heterocycles. The minimum atomic E-state index is -0.250. The van der Waals surface area contributed by atoms with E-state index in [1.807, 2.05) is 0 Å². The van der Waals surface area contributed by atoms with Crippen LogP contribution in [0.4, 0.5) is 4.39 Å². The lowest BCUT2D eigenvalue weighted by Gasteiger charge is -1.90. The minimum absolute atomic E-state index is 0.250. The zero-order chi connectivity index (χ0) is 8.10. The largest absolute Gasteiger partial charge is 0.399 e. The van der Waals surface area contributed by atoms with Gasteiger partial charge in [-0.2, -0.15) is 0 Å². The van der Waals surface area contributed by atoms with Crippen LogP contribution in [0.15, 0.2) is 29.4 Å². The topological polar surface area (TPSA) is 21.6 Å². The monoisotopic (exact) mass is 153 g/mol. The Balaban J connectivity index is 2.73. The molecule has 2 nitrogen and oxygen atoms in total. The number of hydrogen-bond acceptors (Lipinski definition) is 2. The van der Waals surface area contributed by atoms with Crippen LogP contribution < -0.4 is 0 Å². The highest BCUT2D eigenvalue weighted by molar-refractivity contribution is 5.78. The van der Waals surface area contributed by atoms with Crippen LogP contribution in [0, 0.1) is 5.82 Å². The van der Waals surface area contributed by atoms with Gasteiger partial charge in [0, 0.05) is 0 Å². The fraction of sp³-hybridized carbons (Fsp3) is 0.125. The van der Waals surface area contributed by atoms with Crippen LogP contribution in [0.5, 0.6) is 0 Å². The van der Waals surface area contributed by atoms with Gasteiger partial charge in [0.25, 0.3) is 0 Å². The maximum atomic E-state index is 12.3. The van der Waals surface area contributed by atoms with Gasteiger partial charge in [0.05, 0.1) is 6.21 Å². The van der Waals surface area contributed by atoms with Gasteiger partial charge in [-0.25, -0.2) is 4.39 Å². The van der Waals surface area contributed by atoms with Crippen LogP contribution >= 0.6 is 0 Å². The highest BCUT2D eigenvalue weighted by atomic mass is 19.1. The van der Waals surface area contributed by atoms with Gasteiger partial charge < -0.3 is 4.84 Å². The number of benzene rings is 1. The van der Waals surface area contributed by atoms with Crippen molar-refractivity contribution in [3.05, 3.63) is 35.6 Å². The molecular formula is C8H8FNO. The fourth-order valence-electron chi connectivity index (χ4n) is 0.662. The third-order valence-corrected chi connectivity index (χ3v) is 1.18. The van der Waals surface area contributed by atoms with E-state index < -0.39 is 0 Å². The molecule has 0 aliphatic rings. The zero-order valence-corrected chi connectivity index (χ0v) is 6.12. The summed E-state index contributed by atoms with van der Waals surface area (Å²) in [5.74, 6) is -0.250. The summed E-state index contributed by atoms with van der Waals surface area (Å²) in [6.07, 6.45) is 1.51. The first kappa shape index (κ1) is 7.72. The summed E-state index contributed by atoms with van der Waals surface area (Å²) in [5.41, 5.74) is 0.813. The Hall–Kier alpha value is -1.38.